The van der Waals surface area contributed by atoms with E-state index in [1.54, 1.807) is 0 Å². The van der Waals surface area contributed by atoms with Crippen LogP contribution in [0.1, 0.15) is 62.6 Å². The fourth-order valence-corrected chi connectivity index (χ4v) is 3.37. The first-order chi connectivity index (χ1) is 11.8. The molecule has 5 nitrogen and oxygen atoms in total. The Hall–Kier alpha value is -1.86. The minimum atomic E-state index is -4.75. The van der Waals surface area contributed by atoms with Crippen LogP contribution < -0.4 is 10.9 Å². The SMILES string of the molecule is C[C@@H]1CCCC[C@H]1NC(=O)Cn1nc(C2CC2)cc(C(F)(F)F)c1=O. The summed E-state index contributed by atoms with van der Waals surface area (Å²) in [5.74, 6) is -0.185. The van der Waals surface area contributed by atoms with E-state index in [1.807, 2.05) is 6.92 Å². The van der Waals surface area contributed by atoms with Gasteiger partial charge >= 0.3 is 6.18 Å². The van der Waals surface area contributed by atoms with Crippen LogP contribution in [0.25, 0.3) is 0 Å². The number of amides is 1. The van der Waals surface area contributed by atoms with E-state index in [0.717, 1.165) is 44.6 Å². The molecule has 0 bridgehead atoms. The zero-order valence-electron chi connectivity index (χ0n) is 14.1. The maximum atomic E-state index is 13.1. The molecule has 0 saturated heterocycles. The van der Waals surface area contributed by atoms with Gasteiger partial charge in [0.05, 0.1) is 5.69 Å². The molecule has 25 heavy (non-hydrogen) atoms. The molecule has 1 amide bonds. The molecule has 0 radical (unpaired) electrons. The maximum absolute atomic E-state index is 13.1. The first-order valence-corrected chi connectivity index (χ1v) is 8.74. The summed E-state index contributed by atoms with van der Waals surface area (Å²) in [6.07, 6.45) is 0.766. The quantitative estimate of drug-likeness (QED) is 0.901. The van der Waals surface area contributed by atoms with Crippen molar-refractivity contribution in [3.8, 4) is 0 Å². The smallest absolute Gasteiger partial charge is 0.351 e. The average molecular weight is 357 g/mol. The van der Waals surface area contributed by atoms with Crippen molar-refractivity contribution in [1.82, 2.24) is 15.1 Å². The van der Waals surface area contributed by atoms with Crippen LogP contribution >= 0.6 is 0 Å². The zero-order valence-corrected chi connectivity index (χ0v) is 14.1. The first-order valence-electron chi connectivity index (χ1n) is 8.74. The van der Waals surface area contributed by atoms with Gasteiger partial charge in [-0.1, -0.05) is 19.8 Å². The predicted molar refractivity (Wildman–Crippen MR) is 85.0 cm³/mol. The number of hydrogen-bond donors (Lipinski definition) is 1. The zero-order chi connectivity index (χ0) is 18.2. The summed E-state index contributed by atoms with van der Waals surface area (Å²) >= 11 is 0. The number of alkyl halides is 3. The Morgan fingerprint density at radius 2 is 1.96 bits per heavy atom. The Kier molecular flexibility index (Phi) is 4.88. The van der Waals surface area contributed by atoms with Crippen molar-refractivity contribution in [2.24, 2.45) is 5.92 Å². The van der Waals surface area contributed by atoms with Crippen molar-refractivity contribution in [2.45, 2.75) is 70.1 Å². The van der Waals surface area contributed by atoms with Crippen LogP contribution in [0.5, 0.6) is 0 Å². The number of hydrogen-bond acceptors (Lipinski definition) is 3. The number of carbonyl (C=O) groups is 1. The Labute approximate surface area is 143 Å². The van der Waals surface area contributed by atoms with Gasteiger partial charge in [0, 0.05) is 12.0 Å². The predicted octanol–water partition coefficient (Wildman–Crippen LogP) is 2.83. The van der Waals surface area contributed by atoms with Crippen LogP contribution in [-0.2, 0) is 17.5 Å². The molecule has 0 spiro atoms. The van der Waals surface area contributed by atoms with Crippen LogP contribution in [0.3, 0.4) is 0 Å². The molecular weight excluding hydrogens is 335 g/mol. The van der Waals surface area contributed by atoms with Gasteiger partial charge in [-0.05, 0) is 37.7 Å². The second-order valence-electron chi connectivity index (χ2n) is 7.15. The number of rotatable bonds is 4. The Morgan fingerprint density at radius 3 is 2.56 bits per heavy atom. The largest absolute Gasteiger partial charge is 0.421 e. The molecule has 0 aliphatic heterocycles. The summed E-state index contributed by atoms with van der Waals surface area (Å²) in [6.45, 7) is 1.57. The Balaban J connectivity index is 1.80. The summed E-state index contributed by atoms with van der Waals surface area (Å²) in [6, 6.07) is 0.836. The highest BCUT2D eigenvalue weighted by Gasteiger charge is 2.38. The summed E-state index contributed by atoms with van der Waals surface area (Å²) in [5, 5.41) is 6.85. The molecular formula is C17H22F3N3O2. The van der Waals surface area contributed by atoms with Crippen LogP contribution in [0, 0.1) is 5.92 Å². The van der Waals surface area contributed by atoms with Crippen molar-refractivity contribution in [1.29, 1.82) is 0 Å². The summed E-state index contributed by atoms with van der Waals surface area (Å²) in [5.41, 5.74) is -2.27. The van der Waals surface area contributed by atoms with Gasteiger partial charge in [0.1, 0.15) is 12.1 Å². The summed E-state index contributed by atoms with van der Waals surface area (Å²) < 4.78 is 40.0. The first kappa shape index (κ1) is 17.9. The van der Waals surface area contributed by atoms with E-state index in [2.05, 4.69) is 10.4 Å². The molecule has 1 aromatic heterocycles. The van der Waals surface area contributed by atoms with Crippen molar-refractivity contribution in [3.63, 3.8) is 0 Å². The highest BCUT2D eigenvalue weighted by Crippen LogP contribution is 2.40. The monoisotopic (exact) mass is 357 g/mol. The van der Waals surface area contributed by atoms with Gasteiger partial charge in [-0.25, -0.2) is 4.68 Å². The lowest BCUT2D eigenvalue weighted by Gasteiger charge is -2.29. The molecule has 2 aliphatic carbocycles. The lowest BCUT2D eigenvalue weighted by molar-refractivity contribution is -0.139. The van der Waals surface area contributed by atoms with E-state index in [9.17, 15) is 22.8 Å². The fraction of sp³-hybridized carbons (Fsp3) is 0.706. The second kappa shape index (κ2) is 6.80. The van der Waals surface area contributed by atoms with E-state index in [4.69, 9.17) is 0 Å². The molecule has 3 rings (SSSR count). The van der Waals surface area contributed by atoms with Crippen molar-refractivity contribution < 1.29 is 18.0 Å². The lowest BCUT2D eigenvalue weighted by atomic mass is 9.86. The van der Waals surface area contributed by atoms with Crippen LogP contribution in [0.15, 0.2) is 10.9 Å². The van der Waals surface area contributed by atoms with Gasteiger partial charge < -0.3 is 5.32 Å². The molecule has 0 aromatic carbocycles. The molecule has 2 atom stereocenters. The highest BCUT2D eigenvalue weighted by atomic mass is 19.4. The average Bonchev–Trinajstić information content (AvgIpc) is 3.35. The second-order valence-corrected chi connectivity index (χ2v) is 7.15. The van der Waals surface area contributed by atoms with Crippen LogP contribution in [0.2, 0.25) is 0 Å². The van der Waals surface area contributed by atoms with E-state index < -0.39 is 29.8 Å². The minimum Gasteiger partial charge on any atom is -0.351 e. The third kappa shape index (κ3) is 4.22. The van der Waals surface area contributed by atoms with E-state index in [1.165, 1.54) is 0 Å². The van der Waals surface area contributed by atoms with Crippen molar-refractivity contribution >= 4 is 5.91 Å². The molecule has 2 fully saturated rings. The minimum absolute atomic E-state index is 0.00523. The van der Waals surface area contributed by atoms with Crippen molar-refractivity contribution in [2.75, 3.05) is 0 Å². The lowest BCUT2D eigenvalue weighted by Crippen LogP contribution is -2.44. The summed E-state index contributed by atoms with van der Waals surface area (Å²) in [7, 11) is 0. The van der Waals surface area contributed by atoms with Gasteiger partial charge in [0.2, 0.25) is 5.91 Å². The maximum Gasteiger partial charge on any atom is 0.421 e. The number of aromatic nitrogens is 2. The normalized spacial score (nSPS) is 24.2. The van der Waals surface area contributed by atoms with Crippen molar-refractivity contribution in [3.05, 3.63) is 27.7 Å². The molecule has 0 unspecified atom stereocenters. The summed E-state index contributed by atoms with van der Waals surface area (Å²) in [4.78, 5) is 24.3. The molecule has 138 valence electrons. The van der Waals surface area contributed by atoms with E-state index in [0.29, 0.717) is 10.6 Å². The topological polar surface area (TPSA) is 64.0 Å². The third-order valence-electron chi connectivity index (χ3n) is 5.05. The van der Waals surface area contributed by atoms with Gasteiger partial charge in [0.25, 0.3) is 5.56 Å². The number of carbonyl (C=O) groups excluding carboxylic acids is 1. The molecule has 8 heteroatoms. The van der Waals surface area contributed by atoms with Gasteiger partial charge in [0.15, 0.2) is 0 Å². The standard InChI is InChI=1S/C17H22F3N3O2/c1-10-4-2-3-5-13(10)21-15(24)9-23-16(25)12(17(18,19)20)8-14(22-23)11-6-7-11/h8,10-11,13H,2-7,9H2,1H3,(H,21,24)/t10-,13-/m1/s1. The molecule has 1 heterocycles. The van der Waals surface area contributed by atoms with Crippen LogP contribution in [0.4, 0.5) is 13.2 Å². The highest BCUT2D eigenvalue weighted by molar-refractivity contribution is 5.76. The molecule has 1 aromatic rings. The number of nitrogens with zero attached hydrogens (tertiary/aromatic N) is 2. The van der Waals surface area contributed by atoms with Crippen LogP contribution in [-0.4, -0.2) is 21.7 Å². The molecule has 2 aliphatic rings. The number of nitrogens with one attached hydrogen (secondary N) is 1. The van der Waals surface area contributed by atoms with Gasteiger partial charge in [-0.3, -0.25) is 9.59 Å². The Morgan fingerprint density at radius 1 is 1.28 bits per heavy atom. The number of halogens is 3. The molecule has 2 saturated carbocycles. The van der Waals surface area contributed by atoms with Gasteiger partial charge in [-0.15, -0.1) is 0 Å². The molecule has 1 N–H and O–H groups in total. The van der Waals surface area contributed by atoms with Gasteiger partial charge in [-0.2, -0.15) is 18.3 Å². The third-order valence-corrected chi connectivity index (χ3v) is 5.05. The Bertz CT molecular complexity index is 710. The fourth-order valence-electron chi connectivity index (χ4n) is 3.37. The van der Waals surface area contributed by atoms with E-state index >= 15 is 0 Å². The van der Waals surface area contributed by atoms with E-state index in [-0.39, 0.29) is 17.7 Å².